The van der Waals surface area contributed by atoms with Crippen LogP contribution >= 0.6 is 0 Å². The Hall–Kier alpha value is -5.33. The lowest BCUT2D eigenvalue weighted by Crippen LogP contribution is -2.45. The lowest BCUT2D eigenvalue weighted by Gasteiger charge is -2.30. The van der Waals surface area contributed by atoms with Crippen LogP contribution in [-0.2, 0) is 14.3 Å². The number of hydrogen-bond donors (Lipinski definition) is 2. The molecule has 8 rings (SSSR count). The first-order valence-electron chi connectivity index (χ1n) is 17.8. The highest BCUT2D eigenvalue weighted by atomic mass is 19.1. The second-order valence-corrected chi connectivity index (χ2v) is 14.3. The van der Waals surface area contributed by atoms with Crippen molar-refractivity contribution < 1.29 is 18.7 Å². The molecule has 12 heteroatoms. The van der Waals surface area contributed by atoms with Gasteiger partial charge in [0.05, 0.1) is 29.6 Å². The van der Waals surface area contributed by atoms with Crippen molar-refractivity contribution in [3.63, 3.8) is 0 Å². The molecular weight excluding hydrogens is 659 g/mol. The quantitative estimate of drug-likeness (QED) is 0.182. The molecule has 266 valence electrons. The van der Waals surface area contributed by atoms with Gasteiger partial charge in [0, 0.05) is 73.6 Å². The van der Waals surface area contributed by atoms with Gasteiger partial charge in [-0.15, -0.1) is 0 Å². The van der Waals surface area contributed by atoms with Gasteiger partial charge >= 0.3 is 0 Å². The van der Waals surface area contributed by atoms with Crippen molar-refractivity contribution in [3.8, 4) is 22.6 Å². The number of benzene rings is 2. The summed E-state index contributed by atoms with van der Waals surface area (Å²) < 4.78 is 20.6. The van der Waals surface area contributed by atoms with Gasteiger partial charge in [-0.2, -0.15) is 5.10 Å². The molecule has 5 aromatic rings. The summed E-state index contributed by atoms with van der Waals surface area (Å²) in [6.45, 7) is 4.32. The summed E-state index contributed by atoms with van der Waals surface area (Å²) in [5.74, 6) is 0.376. The number of nitrogens with one attached hydrogen (secondary N) is 2. The van der Waals surface area contributed by atoms with E-state index in [9.17, 15) is 9.59 Å². The van der Waals surface area contributed by atoms with Crippen LogP contribution in [0.1, 0.15) is 48.4 Å². The maximum absolute atomic E-state index is 15.1. The van der Waals surface area contributed by atoms with Gasteiger partial charge in [-0.25, -0.2) is 14.4 Å². The molecule has 1 saturated heterocycles. The Labute approximate surface area is 301 Å². The van der Waals surface area contributed by atoms with Gasteiger partial charge in [0.1, 0.15) is 11.5 Å². The van der Waals surface area contributed by atoms with Crippen LogP contribution in [0.2, 0.25) is 0 Å². The number of aromatic amines is 1. The highest BCUT2D eigenvalue weighted by Crippen LogP contribution is 2.40. The van der Waals surface area contributed by atoms with E-state index in [1.54, 1.807) is 25.6 Å². The Morgan fingerprint density at radius 3 is 2.63 bits per heavy atom. The topological polar surface area (TPSA) is 129 Å². The van der Waals surface area contributed by atoms with Crippen molar-refractivity contribution in [1.82, 2.24) is 34.9 Å². The van der Waals surface area contributed by atoms with Crippen LogP contribution < -0.4 is 5.32 Å². The third kappa shape index (κ3) is 6.83. The molecule has 1 atom stereocenters. The summed E-state index contributed by atoms with van der Waals surface area (Å²) in [6, 6.07) is 15.0. The molecule has 0 spiro atoms. The number of carbonyl (C=O) groups is 2. The molecule has 1 aliphatic carbocycles. The Morgan fingerprint density at radius 2 is 1.88 bits per heavy atom. The molecule has 2 aliphatic heterocycles. The van der Waals surface area contributed by atoms with Gasteiger partial charge in [0.15, 0.2) is 5.82 Å². The maximum Gasteiger partial charge on any atom is 0.237 e. The number of methoxy groups -OCH3 is 1. The summed E-state index contributed by atoms with van der Waals surface area (Å²) in [5.41, 5.74) is 6.73. The van der Waals surface area contributed by atoms with Crippen LogP contribution in [0, 0.1) is 18.2 Å². The first kappa shape index (κ1) is 33.8. The molecule has 0 bridgehead atoms. The van der Waals surface area contributed by atoms with Crippen LogP contribution in [-0.4, -0.2) is 93.2 Å². The molecular formula is C40H41FN8O3. The highest BCUT2D eigenvalue weighted by Gasteiger charge is 2.45. The smallest absolute Gasteiger partial charge is 0.237 e. The SMILES string of the molecule is COC[C@]1(C(=O)Nc2ccc3[nH]nc(-c4ccnc(C5CC5)c4)c3c2)CCN(CC(=O)N2CC=C(c3ccc(-c4ncc(C)cn4)c(F)c3)CC2)C1. The van der Waals surface area contributed by atoms with Crippen molar-refractivity contribution in [2.45, 2.75) is 38.5 Å². The lowest BCUT2D eigenvalue weighted by molar-refractivity contribution is -0.133. The van der Waals surface area contributed by atoms with Crippen LogP contribution in [0.3, 0.4) is 0 Å². The third-order valence-corrected chi connectivity index (χ3v) is 10.5. The van der Waals surface area contributed by atoms with Crippen molar-refractivity contribution >= 4 is 34.0 Å². The second-order valence-electron chi connectivity index (χ2n) is 14.3. The zero-order valence-corrected chi connectivity index (χ0v) is 29.4. The molecule has 0 radical (unpaired) electrons. The largest absolute Gasteiger partial charge is 0.384 e. The van der Waals surface area contributed by atoms with Crippen molar-refractivity contribution in [2.75, 3.05) is 51.8 Å². The van der Waals surface area contributed by atoms with Gasteiger partial charge in [0.25, 0.3) is 0 Å². The molecule has 5 heterocycles. The third-order valence-electron chi connectivity index (χ3n) is 10.5. The summed E-state index contributed by atoms with van der Waals surface area (Å²) in [5, 5.41) is 11.8. The Kier molecular flexibility index (Phi) is 9.10. The van der Waals surface area contributed by atoms with Gasteiger partial charge in [-0.1, -0.05) is 12.1 Å². The monoisotopic (exact) mass is 700 g/mol. The Bertz CT molecular complexity index is 2180. The number of pyridine rings is 1. The number of aryl methyl sites for hydroxylation is 1. The predicted molar refractivity (Wildman–Crippen MR) is 197 cm³/mol. The van der Waals surface area contributed by atoms with Crippen LogP contribution in [0.4, 0.5) is 10.1 Å². The van der Waals surface area contributed by atoms with Gasteiger partial charge < -0.3 is 15.0 Å². The first-order chi connectivity index (χ1) is 25.3. The van der Waals surface area contributed by atoms with E-state index >= 15 is 4.39 Å². The van der Waals surface area contributed by atoms with Crippen LogP contribution in [0.5, 0.6) is 0 Å². The molecule has 2 amide bonds. The van der Waals surface area contributed by atoms with E-state index in [0.29, 0.717) is 62.0 Å². The molecule has 52 heavy (non-hydrogen) atoms. The number of amides is 2. The van der Waals surface area contributed by atoms with Gasteiger partial charge in [0.2, 0.25) is 11.8 Å². The second kappa shape index (κ2) is 14.0. The molecule has 1 saturated carbocycles. The molecule has 3 aliphatic rings. The first-order valence-corrected chi connectivity index (χ1v) is 17.8. The molecule has 2 fully saturated rings. The fourth-order valence-corrected chi connectivity index (χ4v) is 7.39. The van der Waals surface area contributed by atoms with E-state index in [4.69, 9.17) is 4.74 Å². The number of likely N-dealkylation sites (tertiary alicyclic amines) is 1. The number of fused-ring (bicyclic) bond motifs is 1. The minimum Gasteiger partial charge on any atom is -0.384 e. The van der Waals surface area contributed by atoms with Crippen molar-refractivity contribution in [1.29, 1.82) is 0 Å². The number of carbonyl (C=O) groups excluding carboxylic acids is 2. The van der Waals surface area contributed by atoms with E-state index in [0.717, 1.165) is 44.6 Å². The standard InChI is InChI=1S/C40H41FN8O3/c1-25-20-43-38(44-21-25)31-7-5-28(17-33(31)41)26-10-14-49(15-11-26)36(50)22-48-16-12-40(23-48,24-52-2)39(51)45-30-6-8-34-32(19-30)37(47-46-34)29-9-13-42-35(18-29)27-3-4-27/h5-10,13,17-21,27H,3-4,11-12,14-16,22-24H2,1-2H3,(H,45,51)(H,46,47)/t40-/m0/s1. The average Bonchev–Trinajstić information content (AvgIpc) is 3.81. The highest BCUT2D eigenvalue weighted by molar-refractivity contribution is 6.00. The minimum atomic E-state index is -0.803. The number of halogens is 1. The number of aromatic nitrogens is 5. The normalized spacial score (nSPS) is 19.2. The van der Waals surface area contributed by atoms with Crippen molar-refractivity contribution in [2.24, 2.45) is 5.41 Å². The fourth-order valence-electron chi connectivity index (χ4n) is 7.39. The van der Waals surface area contributed by atoms with E-state index in [2.05, 4.69) is 36.5 Å². The molecule has 2 aromatic carbocycles. The lowest BCUT2D eigenvalue weighted by atomic mass is 9.87. The van der Waals surface area contributed by atoms with E-state index in [1.807, 2.05) is 59.3 Å². The van der Waals surface area contributed by atoms with Crippen molar-refractivity contribution in [3.05, 3.63) is 95.8 Å². The number of H-pyrrole nitrogens is 1. The number of anilines is 1. The van der Waals surface area contributed by atoms with E-state index in [-0.39, 0.29) is 30.8 Å². The number of hydrogen-bond acceptors (Lipinski definition) is 8. The van der Waals surface area contributed by atoms with Crippen LogP contribution in [0.25, 0.3) is 39.1 Å². The number of rotatable bonds is 10. The zero-order valence-electron chi connectivity index (χ0n) is 29.4. The van der Waals surface area contributed by atoms with Gasteiger partial charge in [-0.3, -0.25) is 24.6 Å². The fraction of sp³-hybridized carbons (Fsp3) is 0.350. The van der Waals surface area contributed by atoms with E-state index in [1.165, 1.54) is 18.9 Å². The van der Waals surface area contributed by atoms with Crippen LogP contribution in [0.15, 0.2) is 73.2 Å². The average molecular weight is 701 g/mol. The molecule has 2 N–H and O–H groups in total. The summed E-state index contributed by atoms with van der Waals surface area (Å²) >= 11 is 0. The Morgan fingerprint density at radius 1 is 1.04 bits per heavy atom. The Balaban J connectivity index is 0.900. The number of nitrogens with zero attached hydrogens (tertiary/aromatic N) is 6. The minimum absolute atomic E-state index is 0.000803. The van der Waals surface area contributed by atoms with E-state index < -0.39 is 5.41 Å². The number of ether oxygens (including phenoxy) is 1. The van der Waals surface area contributed by atoms with Gasteiger partial charge in [-0.05, 0) is 98.3 Å². The zero-order chi connectivity index (χ0) is 35.8. The predicted octanol–water partition coefficient (Wildman–Crippen LogP) is 6.00. The summed E-state index contributed by atoms with van der Waals surface area (Å²) in [7, 11) is 1.60. The molecule has 3 aromatic heterocycles. The summed E-state index contributed by atoms with van der Waals surface area (Å²) in [4.78, 5) is 44.3. The molecule has 0 unspecified atom stereocenters. The summed E-state index contributed by atoms with van der Waals surface area (Å²) in [6.07, 6.45) is 10.7. The maximum atomic E-state index is 15.1. The molecule has 11 nitrogen and oxygen atoms in total.